The van der Waals surface area contributed by atoms with E-state index < -0.39 is 11.8 Å². The quantitative estimate of drug-likeness (QED) is 0.0686. The van der Waals surface area contributed by atoms with Crippen molar-refractivity contribution in [3.8, 4) is 22.9 Å². The van der Waals surface area contributed by atoms with E-state index in [0.29, 0.717) is 106 Å². The van der Waals surface area contributed by atoms with Crippen LogP contribution in [-0.2, 0) is 30.9 Å². The van der Waals surface area contributed by atoms with E-state index >= 15 is 0 Å². The number of carbonyl (C=O) groups is 3. The van der Waals surface area contributed by atoms with E-state index in [1.165, 1.54) is 0 Å². The SMILES string of the molecule is CCn1nc(C)cc1C(=O)Nc1nc2cc(-c3n[nH]c(C)n3)cc(OC)c2n1C/C=C/Cn1c(NC(=O)c2cc(C)nn2CC)nc2cc(C(N)=O)cc(OCCCN3CCOCC3)c21. The molecule has 0 spiro atoms. The summed E-state index contributed by atoms with van der Waals surface area (Å²) in [5.41, 5.74) is 11.0. The van der Waals surface area contributed by atoms with Crippen molar-refractivity contribution in [2.45, 2.75) is 67.2 Å². The van der Waals surface area contributed by atoms with E-state index in [1.54, 1.807) is 40.7 Å². The van der Waals surface area contributed by atoms with E-state index in [4.69, 9.17) is 29.9 Å². The molecule has 0 bridgehead atoms. The number of hydrogen-bond acceptors (Lipinski definition) is 13. The number of carbonyl (C=O) groups excluding carboxylic acids is 3. The number of aryl methyl sites for hydroxylation is 5. The van der Waals surface area contributed by atoms with Gasteiger partial charge in [0.1, 0.15) is 39.7 Å². The van der Waals surface area contributed by atoms with Gasteiger partial charge in [-0.05, 0) is 77.4 Å². The molecule has 1 aliphatic rings. The minimum Gasteiger partial charge on any atom is -0.494 e. The van der Waals surface area contributed by atoms with Crippen molar-refractivity contribution in [3.63, 3.8) is 0 Å². The maximum Gasteiger partial charge on any atom is 0.276 e. The van der Waals surface area contributed by atoms with Gasteiger partial charge in [0.25, 0.3) is 11.8 Å². The number of morpholine rings is 1. The van der Waals surface area contributed by atoms with Crippen LogP contribution < -0.4 is 25.8 Å². The summed E-state index contributed by atoms with van der Waals surface area (Å²) < 4.78 is 24.8. The Kier molecular flexibility index (Phi) is 13.0. The standard InChI is InChI=1S/C44H53N15O6/c1-7-58-33(20-26(3)53-58)41(61)49-43-48-32-23-30(40-46-28(5)51-52-40)25-35(63-6)37(32)56(43)13-9-10-14-57-38-31(47-44(57)50-42(62)34-21-27(4)54-59(34)8-2)22-29(39(45)60)24-36(38)65-17-11-12-55-15-18-64-19-16-55/h9-10,20-25H,7-8,11-19H2,1-6H3,(H2,45,60)(H,46,51,52)(H,47,50,62)(H,48,49,61)/b10-9+. The van der Waals surface area contributed by atoms with Crippen molar-refractivity contribution in [3.05, 3.63) is 82.7 Å². The third-order valence-electron chi connectivity index (χ3n) is 11.0. The van der Waals surface area contributed by atoms with E-state index in [1.807, 2.05) is 68.0 Å². The molecule has 5 aromatic heterocycles. The van der Waals surface area contributed by atoms with Crippen molar-refractivity contribution in [2.75, 3.05) is 57.2 Å². The summed E-state index contributed by atoms with van der Waals surface area (Å²) >= 11 is 0. The fraction of sp³-hybridized carbons (Fsp3) is 0.386. The van der Waals surface area contributed by atoms with Gasteiger partial charge in [-0.25, -0.2) is 15.0 Å². The number of benzene rings is 2. The summed E-state index contributed by atoms with van der Waals surface area (Å²) in [5, 5.41) is 22.1. The molecule has 1 aliphatic heterocycles. The van der Waals surface area contributed by atoms with E-state index in [0.717, 1.165) is 26.1 Å². The molecule has 8 rings (SSSR count). The third-order valence-corrected chi connectivity index (χ3v) is 11.0. The number of ether oxygens (including phenoxy) is 3. The zero-order valence-corrected chi connectivity index (χ0v) is 37.3. The minimum atomic E-state index is -0.643. The number of aromatic nitrogens is 11. The molecule has 2 aromatic carbocycles. The highest BCUT2D eigenvalue weighted by Crippen LogP contribution is 2.35. The zero-order chi connectivity index (χ0) is 45.8. The van der Waals surface area contributed by atoms with Gasteiger partial charge in [0.2, 0.25) is 17.8 Å². The van der Waals surface area contributed by atoms with Gasteiger partial charge in [-0.15, -0.1) is 0 Å². The number of H-pyrrole nitrogens is 1. The van der Waals surface area contributed by atoms with Crippen LogP contribution in [0.5, 0.6) is 11.5 Å². The molecule has 21 nitrogen and oxygen atoms in total. The number of nitrogens with zero attached hydrogens (tertiary/aromatic N) is 11. The number of nitrogens with one attached hydrogen (secondary N) is 3. The Bertz CT molecular complexity index is 2910. The van der Waals surface area contributed by atoms with Crippen LogP contribution in [0, 0.1) is 20.8 Å². The van der Waals surface area contributed by atoms with Gasteiger partial charge in [0, 0.05) is 56.9 Å². The van der Waals surface area contributed by atoms with Gasteiger partial charge in [0.05, 0.1) is 49.4 Å². The first kappa shape index (κ1) is 44.2. The second kappa shape index (κ2) is 19.2. The molecule has 3 amide bonds. The van der Waals surface area contributed by atoms with Gasteiger partial charge < -0.3 is 29.1 Å². The molecule has 340 valence electrons. The zero-order valence-electron chi connectivity index (χ0n) is 37.3. The first-order valence-electron chi connectivity index (χ1n) is 21.6. The average Bonchev–Trinajstić information content (AvgIpc) is 4.14. The summed E-state index contributed by atoms with van der Waals surface area (Å²) in [6.07, 6.45) is 4.55. The van der Waals surface area contributed by atoms with Gasteiger partial charge in [-0.1, -0.05) is 12.2 Å². The van der Waals surface area contributed by atoms with Crippen LogP contribution >= 0.6 is 0 Å². The Morgan fingerprint density at radius 1 is 0.800 bits per heavy atom. The van der Waals surface area contributed by atoms with Crippen LogP contribution in [0.1, 0.15) is 68.8 Å². The molecule has 0 radical (unpaired) electrons. The normalized spacial score (nSPS) is 13.3. The Morgan fingerprint density at radius 2 is 1.38 bits per heavy atom. The van der Waals surface area contributed by atoms with Crippen molar-refractivity contribution in [1.82, 2.24) is 58.7 Å². The van der Waals surface area contributed by atoms with Gasteiger partial charge >= 0.3 is 0 Å². The fourth-order valence-electron chi connectivity index (χ4n) is 7.94. The first-order valence-corrected chi connectivity index (χ1v) is 21.6. The topological polar surface area (TPSA) is 245 Å². The number of fused-ring (bicyclic) bond motifs is 2. The molecule has 7 aromatic rings. The van der Waals surface area contributed by atoms with Gasteiger partial charge in [-0.2, -0.15) is 15.3 Å². The molecular formula is C44H53N15O6. The average molecular weight is 888 g/mol. The molecule has 65 heavy (non-hydrogen) atoms. The summed E-state index contributed by atoms with van der Waals surface area (Å²) in [6, 6.07) is 10.3. The van der Waals surface area contributed by atoms with Crippen LogP contribution in [0.4, 0.5) is 11.9 Å². The predicted molar refractivity (Wildman–Crippen MR) is 242 cm³/mol. The number of primary amides is 1. The molecular weight excluding hydrogens is 835 g/mol. The maximum atomic E-state index is 13.9. The van der Waals surface area contributed by atoms with Gasteiger partial charge in [0.15, 0.2) is 5.82 Å². The minimum absolute atomic E-state index is 0.201. The first-order chi connectivity index (χ1) is 31.4. The molecule has 0 unspecified atom stereocenters. The second-order valence-electron chi connectivity index (χ2n) is 15.6. The largest absolute Gasteiger partial charge is 0.494 e. The van der Waals surface area contributed by atoms with Gasteiger partial charge in [-0.3, -0.25) is 44.4 Å². The molecule has 6 heterocycles. The number of imidazole rings is 2. The number of rotatable bonds is 18. The lowest BCUT2D eigenvalue weighted by Gasteiger charge is -2.26. The second-order valence-corrected chi connectivity index (χ2v) is 15.6. The number of hydrogen-bond donors (Lipinski definition) is 4. The highest BCUT2D eigenvalue weighted by molar-refractivity contribution is 6.05. The van der Waals surface area contributed by atoms with Crippen molar-refractivity contribution in [2.24, 2.45) is 5.73 Å². The van der Waals surface area contributed by atoms with Crippen LogP contribution in [-0.4, -0.2) is 123 Å². The molecule has 0 aliphatic carbocycles. The fourth-order valence-corrected chi connectivity index (χ4v) is 7.94. The molecule has 0 saturated carbocycles. The van der Waals surface area contributed by atoms with E-state index in [-0.39, 0.29) is 36.5 Å². The number of aromatic amines is 1. The van der Waals surface area contributed by atoms with Crippen molar-refractivity contribution < 1.29 is 28.6 Å². The predicted octanol–water partition coefficient (Wildman–Crippen LogP) is 4.50. The van der Waals surface area contributed by atoms with E-state index in [9.17, 15) is 14.4 Å². The molecule has 5 N–H and O–H groups in total. The molecule has 21 heteroatoms. The summed E-state index contributed by atoms with van der Waals surface area (Å²) in [4.78, 5) is 56.8. The highest BCUT2D eigenvalue weighted by atomic mass is 16.5. The molecule has 1 saturated heterocycles. The number of methoxy groups -OCH3 is 1. The Hall–Kier alpha value is -7.39. The number of amides is 3. The molecule has 1 fully saturated rings. The highest BCUT2D eigenvalue weighted by Gasteiger charge is 2.24. The number of anilines is 2. The van der Waals surface area contributed by atoms with Crippen LogP contribution in [0.2, 0.25) is 0 Å². The van der Waals surface area contributed by atoms with Crippen molar-refractivity contribution >= 4 is 51.7 Å². The number of nitrogens with two attached hydrogens (primary N) is 1. The Morgan fingerprint density at radius 3 is 1.92 bits per heavy atom. The lowest BCUT2D eigenvalue weighted by atomic mass is 10.1. The Labute approximate surface area is 373 Å². The maximum absolute atomic E-state index is 13.9. The van der Waals surface area contributed by atoms with Crippen LogP contribution in [0.15, 0.2) is 48.6 Å². The van der Waals surface area contributed by atoms with E-state index in [2.05, 4.69) is 40.9 Å². The summed E-state index contributed by atoms with van der Waals surface area (Å²) in [6.45, 7) is 15.0. The smallest absolute Gasteiger partial charge is 0.276 e. The lowest BCUT2D eigenvalue weighted by molar-refractivity contribution is 0.0358. The summed E-state index contributed by atoms with van der Waals surface area (Å²) in [7, 11) is 1.57. The lowest BCUT2D eigenvalue weighted by Crippen LogP contribution is -2.37. The molecule has 0 atom stereocenters. The van der Waals surface area contributed by atoms with Crippen molar-refractivity contribution in [1.29, 1.82) is 0 Å². The summed E-state index contributed by atoms with van der Waals surface area (Å²) in [5.74, 6) is 1.06. The Balaban J connectivity index is 1.16. The third kappa shape index (κ3) is 9.46. The number of allylic oxidation sites excluding steroid dienone is 2. The monoisotopic (exact) mass is 887 g/mol. The van der Waals surface area contributed by atoms with Crippen LogP contribution in [0.3, 0.4) is 0 Å². The van der Waals surface area contributed by atoms with Crippen LogP contribution in [0.25, 0.3) is 33.5 Å².